The first kappa shape index (κ1) is 20.1. The van der Waals surface area contributed by atoms with Gasteiger partial charge in [0.1, 0.15) is 0 Å². The van der Waals surface area contributed by atoms with Gasteiger partial charge in [0, 0.05) is 38.9 Å². The maximum Gasteiger partial charge on any atom is 0.229 e. The van der Waals surface area contributed by atoms with Gasteiger partial charge in [-0.2, -0.15) is 0 Å². The lowest BCUT2D eigenvalue weighted by molar-refractivity contribution is -0.139. The highest BCUT2D eigenvalue weighted by Gasteiger charge is 2.29. The van der Waals surface area contributed by atoms with Crippen LogP contribution in [0.5, 0.6) is 0 Å². The fourth-order valence-electron chi connectivity index (χ4n) is 2.62. The van der Waals surface area contributed by atoms with Crippen molar-refractivity contribution in [3.05, 3.63) is 35.9 Å². The van der Waals surface area contributed by atoms with Crippen molar-refractivity contribution in [2.45, 2.75) is 32.2 Å². The van der Waals surface area contributed by atoms with Crippen molar-refractivity contribution >= 4 is 30.1 Å². The molecule has 0 aromatic heterocycles. The number of hydrogen-bond acceptors (Lipinski definition) is 4. The van der Waals surface area contributed by atoms with E-state index in [1.165, 1.54) is 4.90 Å². The highest BCUT2D eigenvalue weighted by Crippen LogP contribution is 2.13. The van der Waals surface area contributed by atoms with Crippen molar-refractivity contribution in [2.24, 2.45) is 5.73 Å². The summed E-state index contributed by atoms with van der Waals surface area (Å²) in [6.07, 6.45) is 1.40. The van der Waals surface area contributed by atoms with E-state index in [1.54, 1.807) is 4.90 Å². The molecule has 6 nitrogen and oxygen atoms in total. The molecular weight excluding hydrogens is 330 g/mol. The second-order valence-electron chi connectivity index (χ2n) is 5.63. The quantitative estimate of drug-likeness (QED) is 0.714. The highest BCUT2D eigenvalue weighted by atomic mass is 35.5. The first-order chi connectivity index (χ1) is 11.1. The van der Waals surface area contributed by atoms with E-state index in [9.17, 15) is 14.4 Å². The Labute approximate surface area is 148 Å². The van der Waals surface area contributed by atoms with Crippen LogP contribution in [0.25, 0.3) is 0 Å². The van der Waals surface area contributed by atoms with Crippen LogP contribution in [0.4, 0.5) is 0 Å². The largest absolute Gasteiger partial charge is 0.338 e. The molecule has 0 radical (unpaired) electrons. The van der Waals surface area contributed by atoms with Gasteiger partial charge in [-0.05, 0) is 18.5 Å². The van der Waals surface area contributed by atoms with Gasteiger partial charge in [-0.3, -0.25) is 19.3 Å². The van der Waals surface area contributed by atoms with E-state index in [2.05, 4.69) is 0 Å². The summed E-state index contributed by atoms with van der Waals surface area (Å²) in [5.74, 6) is -0.423. The molecule has 2 N–H and O–H groups in total. The number of carbonyl (C=O) groups excluding carboxylic acids is 3. The van der Waals surface area contributed by atoms with E-state index in [0.29, 0.717) is 19.6 Å². The van der Waals surface area contributed by atoms with Crippen molar-refractivity contribution in [1.82, 2.24) is 9.80 Å². The Bertz CT molecular complexity index is 549. The zero-order valence-corrected chi connectivity index (χ0v) is 14.5. The third kappa shape index (κ3) is 5.62. The lowest BCUT2D eigenvalue weighted by atomic mass is 10.2. The molecule has 24 heavy (non-hydrogen) atoms. The second-order valence-corrected chi connectivity index (χ2v) is 5.63. The maximum atomic E-state index is 12.5. The Morgan fingerprint density at radius 2 is 1.75 bits per heavy atom. The Kier molecular flexibility index (Phi) is 8.43. The summed E-state index contributed by atoms with van der Waals surface area (Å²) in [6.45, 7) is 1.78. The van der Waals surface area contributed by atoms with Crippen LogP contribution in [0, 0.1) is 0 Å². The van der Waals surface area contributed by atoms with Crippen LogP contribution in [0.15, 0.2) is 30.3 Å². The first-order valence-corrected chi connectivity index (χ1v) is 7.97. The molecule has 1 heterocycles. The minimum absolute atomic E-state index is 0. The van der Waals surface area contributed by atoms with Gasteiger partial charge in [0.2, 0.25) is 17.7 Å². The minimum Gasteiger partial charge on any atom is -0.338 e. The molecule has 132 valence electrons. The SMILES string of the molecule is Cl.NCCCN(Cc1ccccc1)C(=O)CCN1C(=O)CCC1=O. The van der Waals surface area contributed by atoms with Crippen LogP contribution in [0.2, 0.25) is 0 Å². The molecule has 1 aliphatic rings. The fraction of sp³-hybridized carbons (Fsp3) is 0.471. The van der Waals surface area contributed by atoms with Gasteiger partial charge in [0.05, 0.1) is 0 Å². The molecule has 1 fully saturated rings. The summed E-state index contributed by atoms with van der Waals surface area (Å²) in [6, 6.07) is 9.73. The number of halogens is 1. The summed E-state index contributed by atoms with van der Waals surface area (Å²) in [7, 11) is 0. The van der Waals surface area contributed by atoms with E-state index in [0.717, 1.165) is 12.0 Å². The molecule has 0 bridgehead atoms. The summed E-state index contributed by atoms with van der Waals surface area (Å²) in [5, 5.41) is 0. The number of likely N-dealkylation sites (tertiary alicyclic amines) is 1. The zero-order chi connectivity index (χ0) is 16.7. The van der Waals surface area contributed by atoms with E-state index in [4.69, 9.17) is 5.73 Å². The highest BCUT2D eigenvalue weighted by molar-refractivity contribution is 6.02. The van der Waals surface area contributed by atoms with Crippen molar-refractivity contribution in [3.63, 3.8) is 0 Å². The van der Waals surface area contributed by atoms with Gasteiger partial charge in [0.15, 0.2) is 0 Å². The number of rotatable bonds is 8. The van der Waals surface area contributed by atoms with Gasteiger partial charge >= 0.3 is 0 Å². The maximum absolute atomic E-state index is 12.5. The predicted octanol–water partition coefficient (Wildman–Crippen LogP) is 1.32. The first-order valence-electron chi connectivity index (χ1n) is 7.97. The predicted molar refractivity (Wildman–Crippen MR) is 93.3 cm³/mol. The lowest BCUT2D eigenvalue weighted by Crippen LogP contribution is -2.37. The second kappa shape index (κ2) is 10.1. The van der Waals surface area contributed by atoms with Crippen molar-refractivity contribution in [1.29, 1.82) is 0 Å². The zero-order valence-electron chi connectivity index (χ0n) is 13.6. The molecule has 0 unspecified atom stereocenters. The number of benzene rings is 1. The van der Waals surface area contributed by atoms with Crippen molar-refractivity contribution < 1.29 is 14.4 Å². The summed E-state index contributed by atoms with van der Waals surface area (Å²) in [4.78, 5) is 38.6. The molecule has 2 rings (SSSR count). The number of amides is 3. The average molecular weight is 354 g/mol. The minimum atomic E-state index is -0.181. The third-order valence-electron chi connectivity index (χ3n) is 3.91. The number of imide groups is 1. The number of nitrogens with two attached hydrogens (primary N) is 1. The van der Waals surface area contributed by atoms with Crippen LogP contribution in [-0.4, -0.2) is 47.2 Å². The number of hydrogen-bond donors (Lipinski definition) is 1. The lowest BCUT2D eigenvalue weighted by Gasteiger charge is -2.24. The Balaban J connectivity index is 0.00000288. The third-order valence-corrected chi connectivity index (χ3v) is 3.91. The van der Waals surface area contributed by atoms with Gasteiger partial charge in [-0.15, -0.1) is 12.4 Å². The fourth-order valence-corrected chi connectivity index (χ4v) is 2.62. The van der Waals surface area contributed by atoms with Crippen LogP contribution >= 0.6 is 12.4 Å². The van der Waals surface area contributed by atoms with E-state index < -0.39 is 0 Å². The van der Waals surface area contributed by atoms with Gasteiger partial charge in [-0.25, -0.2) is 0 Å². The summed E-state index contributed by atoms with van der Waals surface area (Å²) < 4.78 is 0. The average Bonchev–Trinajstić information content (AvgIpc) is 2.88. The Morgan fingerprint density at radius 3 is 2.33 bits per heavy atom. The van der Waals surface area contributed by atoms with Crippen LogP contribution < -0.4 is 5.73 Å². The normalized spacial score (nSPS) is 13.8. The monoisotopic (exact) mass is 353 g/mol. The summed E-state index contributed by atoms with van der Waals surface area (Å²) >= 11 is 0. The van der Waals surface area contributed by atoms with Crippen LogP contribution in [0.1, 0.15) is 31.2 Å². The van der Waals surface area contributed by atoms with Crippen LogP contribution in [-0.2, 0) is 20.9 Å². The van der Waals surface area contributed by atoms with Crippen LogP contribution in [0.3, 0.4) is 0 Å². The van der Waals surface area contributed by atoms with Gasteiger partial charge in [-0.1, -0.05) is 30.3 Å². The molecular formula is C17H24ClN3O3. The molecule has 1 aromatic rings. The molecule has 0 saturated carbocycles. The topological polar surface area (TPSA) is 83.7 Å². The van der Waals surface area contributed by atoms with Gasteiger partial charge in [0.25, 0.3) is 0 Å². The molecule has 3 amide bonds. The smallest absolute Gasteiger partial charge is 0.229 e. The summed E-state index contributed by atoms with van der Waals surface area (Å²) in [5.41, 5.74) is 6.59. The molecule has 0 atom stereocenters. The van der Waals surface area contributed by atoms with E-state index >= 15 is 0 Å². The molecule has 1 aliphatic heterocycles. The van der Waals surface area contributed by atoms with Crippen molar-refractivity contribution in [2.75, 3.05) is 19.6 Å². The number of nitrogens with zero attached hydrogens (tertiary/aromatic N) is 2. The van der Waals surface area contributed by atoms with Gasteiger partial charge < -0.3 is 10.6 Å². The molecule has 0 aliphatic carbocycles. The Morgan fingerprint density at radius 1 is 1.12 bits per heavy atom. The molecule has 1 saturated heterocycles. The number of carbonyl (C=O) groups is 3. The standard InChI is InChI=1S/C17H23N3O3.ClH/c18-10-4-11-19(13-14-5-2-1-3-6-14)15(21)9-12-20-16(22)7-8-17(20)23;/h1-3,5-6H,4,7-13,18H2;1H. The molecule has 7 heteroatoms. The molecule has 0 spiro atoms. The van der Waals surface area contributed by atoms with Crippen molar-refractivity contribution in [3.8, 4) is 0 Å². The molecule has 1 aromatic carbocycles. The van der Waals surface area contributed by atoms with E-state index in [1.807, 2.05) is 30.3 Å². The van der Waals surface area contributed by atoms with E-state index in [-0.39, 0.29) is 55.9 Å². The Hall–Kier alpha value is -1.92.